The lowest BCUT2D eigenvalue weighted by molar-refractivity contribution is 0.191. The van der Waals surface area contributed by atoms with Gasteiger partial charge in [0.05, 0.1) is 0 Å². The van der Waals surface area contributed by atoms with Crippen molar-refractivity contribution >= 4 is 6.09 Å². The molecule has 1 aromatic rings. The van der Waals surface area contributed by atoms with Crippen molar-refractivity contribution in [2.45, 2.75) is 57.9 Å². The van der Waals surface area contributed by atoms with Crippen molar-refractivity contribution in [1.82, 2.24) is 5.32 Å². The van der Waals surface area contributed by atoms with Crippen LogP contribution in [-0.4, -0.2) is 12.1 Å². The van der Waals surface area contributed by atoms with Crippen molar-refractivity contribution in [2.75, 3.05) is 0 Å². The second kappa shape index (κ2) is 6.60. The van der Waals surface area contributed by atoms with Gasteiger partial charge in [-0.15, -0.1) is 0 Å². The topological polar surface area (TPSA) is 38.3 Å². The molecular formula is C16H23NO2. The van der Waals surface area contributed by atoms with Gasteiger partial charge in [0.25, 0.3) is 0 Å². The third kappa shape index (κ3) is 3.98. The minimum absolute atomic E-state index is 0.285. The van der Waals surface area contributed by atoms with E-state index < -0.39 is 0 Å². The molecule has 1 aliphatic rings. The highest BCUT2D eigenvalue weighted by Crippen LogP contribution is 2.26. The van der Waals surface area contributed by atoms with Gasteiger partial charge in [-0.1, -0.05) is 51.3 Å². The molecule has 0 atom stereocenters. The first-order valence-electron chi connectivity index (χ1n) is 7.24. The third-order valence-electron chi connectivity index (χ3n) is 3.67. The van der Waals surface area contributed by atoms with E-state index in [1.54, 1.807) is 0 Å². The van der Waals surface area contributed by atoms with Crippen LogP contribution < -0.4 is 10.1 Å². The molecule has 0 aliphatic heterocycles. The second-order valence-corrected chi connectivity index (χ2v) is 5.56. The van der Waals surface area contributed by atoms with Crippen LogP contribution >= 0.6 is 0 Å². The molecule has 3 nitrogen and oxygen atoms in total. The molecule has 104 valence electrons. The lowest BCUT2D eigenvalue weighted by Crippen LogP contribution is -2.38. The average molecular weight is 261 g/mol. The van der Waals surface area contributed by atoms with E-state index in [4.69, 9.17) is 4.74 Å². The summed E-state index contributed by atoms with van der Waals surface area (Å²) < 4.78 is 5.46. The van der Waals surface area contributed by atoms with Crippen molar-refractivity contribution in [1.29, 1.82) is 0 Å². The summed E-state index contributed by atoms with van der Waals surface area (Å²) in [7, 11) is 0. The minimum atomic E-state index is -0.319. The van der Waals surface area contributed by atoms with Crippen LogP contribution in [0.3, 0.4) is 0 Å². The highest BCUT2D eigenvalue weighted by molar-refractivity contribution is 5.71. The maximum Gasteiger partial charge on any atom is 0.412 e. The van der Waals surface area contributed by atoms with E-state index in [9.17, 15) is 4.79 Å². The lowest BCUT2D eigenvalue weighted by Gasteiger charge is -2.22. The summed E-state index contributed by atoms with van der Waals surface area (Å²) in [5.74, 6) is 1.02. The maximum absolute atomic E-state index is 11.9. The van der Waals surface area contributed by atoms with Crippen LogP contribution in [0.2, 0.25) is 0 Å². The van der Waals surface area contributed by atoms with Gasteiger partial charge in [-0.25, -0.2) is 4.79 Å². The molecule has 2 rings (SSSR count). The van der Waals surface area contributed by atoms with Crippen molar-refractivity contribution in [3.63, 3.8) is 0 Å². The molecule has 0 radical (unpaired) electrons. The molecule has 1 saturated carbocycles. The Hall–Kier alpha value is -1.51. The van der Waals surface area contributed by atoms with E-state index >= 15 is 0 Å². The van der Waals surface area contributed by atoms with Gasteiger partial charge >= 0.3 is 6.09 Å². The number of carbonyl (C=O) groups is 1. The van der Waals surface area contributed by atoms with E-state index in [2.05, 4.69) is 19.2 Å². The first kappa shape index (κ1) is 13.9. The summed E-state index contributed by atoms with van der Waals surface area (Å²) in [5, 5.41) is 2.97. The van der Waals surface area contributed by atoms with Crippen molar-refractivity contribution in [3.05, 3.63) is 29.8 Å². The molecule has 0 bridgehead atoms. The number of para-hydroxylation sites is 1. The number of rotatable bonds is 3. The fraction of sp³-hybridized carbons (Fsp3) is 0.562. The zero-order valence-corrected chi connectivity index (χ0v) is 11.8. The summed E-state index contributed by atoms with van der Waals surface area (Å²) in [6.07, 6.45) is 5.51. The number of hydrogen-bond donors (Lipinski definition) is 1. The van der Waals surface area contributed by atoms with Gasteiger partial charge in [0.15, 0.2) is 0 Å². The van der Waals surface area contributed by atoms with Gasteiger partial charge in [-0.2, -0.15) is 0 Å². The van der Waals surface area contributed by atoms with Crippen molar-refractivity contribution in [2.24, 2.45) is 0 Å². The normalized spacial score (nSPS) is 16.4. The molecule has 1 amide bonds. The Bertz CT molecular complexity index is 423. The molecule has 0 unspecified atom stereocenters. The quantitative estimate of drug-likeness (QED) is 0.884. The van der Waals surface area contributed by atoms with E-state index in [1.165, 1.54) is 19.3 Å². The first-order valence-corrected chi connectivity index (χ1v) is 7.24. The highest BCUT2D eigenvalue weighted by Gasteiger charge is 2.17. The van der Waals surface area contributed by atoms with Gasteiger partial charge < -0.3 is 10.1 Å². The number of carbonyl (C=O) groups excluding carboxylic acids is 1. The number of nitrogens with one attached hydrogen (secondary N) is 1. The van der Waals surface area contributed by atoms with Crippen molar-refractivity contribution < 1.29 is 9.53 Å². The Kier molecular flexibility index (Phi) is 4.83. The van der Waals surface area contributed by atoms with Crippen LogP contribution in [0.1, 0.15) is 57.4 Å². The molecular weight excluding hydrogens is 238 g/mol. The Morgan fingerprint density at radius 1 is 1.21 bits per heavy atom. The molecule has 0 heterocycles. The van der Waals surface area contributed by atoms with Gasteiger partial charge in [-0.05, 0) is 30.4 Å². The molecule has 1 N–H and O–H groups in total. The SMILES string of the molecule is CC(C)c1ccccc1OC(=O)NC1CCCCC1. The minimum Gasteiger partial charge on any atom is -0.410 e. The van der Waals surface area contributed by atoms with Gasteiger partial charge in [0, 0.05) is 6.04 Å². The molecule has 0 spiro atoms. The Morgan fingerprint density at radius 3 is 2.58 bits per heavy atom. The van der Waals surface area contributed by atoms with Crippen LogP contribution in [0.4, 0.5) is 4.79 Å². The predicted octanol–water partition coefficient (Wildman–Crippen LogP) is 4.23. The summed E-state index contributed by atoms with van der Waals surface area (Å²) in [6, 6.07) is 8.02. The van der Waals surface area contributed by atoms with Crippen LogP contribution in [-0.2, 0) is 0 Å². The largest absolute Gasteiger partial charge is 0.412 e. The summed E-state index contributed by atoms with van der Waals surface area (Å²) >= 11 is 0. The van der Waals surface area contributed by atoms with Crippen LogP contribution in [0, 0.1) is 0 Å². The molecule has 3 heteroatoms. The zero-order chi connectivity index (χ0) is 13.7. The fourth-order valence-electron chi connectivity index (χ4n) is 2.59. The van der Waals surface area contributed by atoms with E-state index in [0.717, 1.165) is 18.4 Å². The fourth-order valence-corrected chi connectivity index (χ4v) is 2.59. The van der Waals surface area contributed by atoms with Crippen LogP contribution in [0.25, 0.3) is 0 Å². The first-order chi connectivity index (χ1) is 9.16. The monoisotopic (exact) mass is 261 g/mol. The maximum atomic E-state index is 11.9. The molecule has 1 aromatic carbocycles. The van der Waals surface area contributed by atoms with E-state index in [-0.39, 0.29) is 12.1 Å². The highest BCUT2D eigenvalue weighted by atomic mass is 16.6. The lowest BCUT2D eigenvalue weighted by atomic mass is 9.96. The molecule has 19 heavy (non-hydrogen) atoms. The van der Waals surface area contributed by atoms with Crippen molar-refractivity contribution in [3.8, 4) is 5.75 Å². The summed E-state index contributed by atoms with van der Waals surface area (Å²) in [4.78, 5) is 11.9. The number of benzene rings is 1. The van der Waals surface area contributed by atoms with Crippen LogP contribution in [0.15, 0.2) is 24.3 Å². The second-order valence-electron chi connectivity index (χ2n) is 5.56. The zero-order valence-electron chi connectivity index (χ0n) is 11.8. The third-order valence-corrected chi connectivity index (χ3v) is 3.67. The number of amides is 1. The predicted molar refractivity (Wildman–Crippen MR) is 76.6 cm³/mol. The smallest absolute Gasteiger partial charge is 0.410 e. The Balaban J connectivity index is 1.94. The van der Waals surface area contributed by atoms with E-state index in [0.29, 0.717) is 11.7 Å². The van der Waals surface area contributed by atoms with Crippen LogP contribution in [0.5, 0.6) is 5.75 Å². The van der Waals surface area contributed by atoms with Gasteiger partial charge in [0.2, 0.25) is 0 Å². The molecule has 1 fully saturated rings. The molecule has 1 aliphatic carbocycles. The Labute approximate surface area is 115 Å². The standard InChI is InChI=1S/C16H23NO2/c1-12(2)14-10-6-7-11-15(14)19-16(18)17-13-8-4-3-5-9-13/h6-7,10-13H,3-5,8-9H2,1-2H3,(H,17,18). The molecule has 0 aromatic heterocycles. The average Bonchev–Trinajstić information content (AvgIpc) is 2.40. The summed E-state index contributed by atoms with van der Waals surface area (Å²) in [5.41, 5.74) is 1.07. The van der Waals surface area contributed by atoms with Gasteiger partial charge in [-0.3, -0.25) is 0 Å². The summed E-state index contributed by atoms with van der Waals surface area (Å²) in [6.45, 7) is 4.20. The van der Waals surface area contributed by atoms with Gasteiger partial charge in [0.1, 0.15) is 5.75 Å². The van der Waals surface area contributed by atoms with E-state index in [1.807, 2.05) is 24.3 Å². The molecule has 0 saturated heterocycles. The number of ether oxygens (including phenoxy) is 1. The Morgan fingerprint density at radius 2 is 1.89 bits per heavy atom. The number of hydrogen-bond acceptors (Lipinski definition) is 2.